The average molecular weight is 170 g/mol. The summed E-state index contributed by atoms with van der Waals surface area (Å²) >= 11 is 0. The van der Waals surface area contributed by atoms with Gasteiger partial charge in [-0.15, -0.1) is 0 Å². The summed E-state index contributed by atoms with van der Waals surface area (Å²) in [6.07, 6.45) is 3.93. The summed E-state index contributed by atoms with van der Waals surface area (Å²) in [6.45, 7) is 4.20. The van der Waals surface area contributed by atoms with Crippen LogP contribution in [0.4, 0.5) is 0 Å². The van der Waals surface area contributed by atoms with Gasteiger partial charge in [0.15, 0.2) is 0 Å². The molecule has 1 saturated carbocycles. The normalized spacial score (nSPS) is 17.1. The predicted molar refractivity (Wildman–Crippen MR) is 48.9 cm³/mol. The maximum absolute atomic E-state index is 11.1. The molecule has 0 atom stereocenters. The van der Waals surface area contributed by atoms with E-state index < -0.39 is 0 Å². The Balaban J connectivity index is 1.94. The number of carbonyl (C=O) groups is 1. The molecule has 0 spiro atoms. The highest BCUT2D eigenvalue weighted by atomic mass is 16.1. The molecule has 0 aromatic rings. The molecule has 3 nitrogen and oxygen atoms in total. The van der Waals surface area contributed by atoms with Gasteiger partial charge in [0.1, 0.15) is 0 Å². The first kappa shape index (κ1) is 9.52. The number of carbonyl (C=O) groups excluding carboxylic acids is 1. The van der Waals surface area contributed by atoms with Crippen LogP contribution in [0.5, 0.6) is 0 Å². The zero-order chi connectivity index (χ0) is 8.81. The Bertz CT molecular complexity index is 143. The molecule has 3 heteroatoms. The Morgan fingerprint density at radius 1 is 1.50 bits per heavy atom. The van der Waals surface area contributed by atoms with Crippen LogP contribution in [0.2, 0.25) is 0 Å². The third-order valence-electron chi connectivity index (χ3n) is 2.35. The lowest BCUT2D eigenvalue weighted by atomic mass is 9.85. The highest BCUT2D eigenvalue weighted by Gasteiger charge is 2.17. The van der Waals surface area contributed by atoms with Crippen LogP contribution < -0.4 is 10.6 Å². The van der Waals surface area contributed by atoms with Crippen molar-refractivity contribution in [1.82, 2.24) is 10.6 Å². The zero-order valence-corrected chi connectivity index (χ0v) is 7.73. The Kier molecular flexibility index (Phi) is 4.08. The third-order valence-corrected chi connectivity index (χ3v) is 2.35. The molecule has 2 N–H and O–H groups in total. The van der Waals surface area contributed by atoms with Crippen LogP contribution in [-0.4, -0.2) is 25.5 Å². The average Bonchev–Trinajstić information content (AvgIpc) is 1.98. The van der Waals surface area contributed by atoms with Gasteiger partial charge in [-0.25, -0.2) is 0 Å². The van der Waals surface area contributed by atoms with Crippen molar-refractivity contribution in [2.75, 3.05) is 19.6 Å². The second-order valence-corrected chi connectivity index (χ2v) is 3.38. The maximum Gasteiger partial charge on any atom is 0.233 e. The van der Waals surface area contributed by atoms with Crippen LogP contribution in [-0.2, 0) is 4.79 Å². The summed E-state index contributed by atoms with van der Waals surface area (Å²) in [5, 5.41) is 5.91. The lowest BCUT2D eigenvalue weighted by Gasteiger charge is -2.25. The number of nitrogens with one attached hydrogen (secondary N) is 2. The van der Waals surface area contributed by atoms with Gasteiger partial charge in [0.05, 0.1) is 6.54 Å². The van der Waals surface area contributed by atoms with Crippen molar-refractivity contribution in [2.24, 2.45) is 5.92 Å². The van der Waals surface area contributed by atoms with Gasteiger partial charge in [-0.1, -0.05) is 13.3 Å². The lowest BCUT2D eigenvalue weighted by Crippen LogP contribution is -2.37. The van der Waals surface area contributed by atoms with Crippen molar-refractivity contribution >= 4 is 5.91 Å². The van der Waals surface area contributed by atoms with Crippen LogP contribution >= 0.6 is 0 Å². The number of rotatable bonds is 5. The monoisotopic (exact) mass is 170 g/mol. The van der Waals surface area contributed by atoms with Crippen molar-refractivity contribution in [3.63, 3.8) is 0 Å². The molecule has 1 fully saturated rings. The van der Waals surface area contributed by atoms with Gasteiger partial charge in [-0.2, -0.15) is 0 Å². The number of hydrogen-bond donors (Lipinski definition) is 2. The molecule has 0 aromatic heterocycles. The molecule has 1 amide bonds. The van der Waals surface area contributed by atoms with Gasteiger partial charge in [0.2, 0.25) is 5.91 Å². The molecule has 12 heavy (non-hydrogen) atoms. The minimum atomic E-state index is 0.128. The van der Waals surface area contributed by atoms with E-state index in [0.717, 1.165) is 19.0 Å². The fourth-order valence-electron chi connectivity index (χ4n) is 1.26. The smallest absolute Gasteiger partial charge is 0.233 e. The summed E-state index contributed by atoms with van der Waals surface area (Å²) in [7, 11) is 0. The number of hydrogen-bond acceptors (Lipinski definition) is 2. The van der Waals surface area contributed by atoms with E-state index in [0.29, 0.717) is 6.54 Å². The molecule has 1 aliphatic carbocycles. The molecule has 0 heterocycles. The molecule has 1 aliphatic rings. The summed E-state index contributed by atoms with van der Waals surface area (Å²) in [6, 6.07) is 0. The van der Waals surface area contributed by atoms with E-state index in [4.69, 9.17) is 0 Å². The van der Waals surface area contributed by atoms with E-state index in [1.807, 2.05) is 6.92 Å². The van der Waals surface area contributed by atoms with Gasteiger partial charge in [-0.3, -0.25) is 4.79 Å². The molecule has 0 radical (unpaired) electrons. The predicted octanol–water partition coefficient (Wildman–Crippen LogP) is 0.512. The molecule has 1 rings (SSSR count). The Hall–Kier alpha value is -0.570. The lowest BCUT2D eigenvalue weighted by molar-refractivity contribution is -0.120. The molecule has 0 saturated heterocycles. The van der Waals surface area contributed by atoms with Crippen molar-refractivity contribution in [3.05, 3.63) is 0 Å². The van der Waals surface area contributed by atoms with Gasteiger partial charge in [0.25, 0.3) is 0 Å². The summed E-state index contributed by atoms with van der Waals surface area (Å²) in [5.41, 5.74) is 0. The first-order chi connectivity index (χ1) is 5.83. The first-order valence-electron chi connectivity index (χ1n) is 4.80. The van der Waals surface area contributed by atoms with E-state index in [9.17, 15) is 4.79 Å². The topological polar surface area (TPSA) is 41.1 Å². The zero-order valence-electron chi connectivity index (χ0n) is 7.73. The SMILES string of the molecule is CCNCC(=O)NCC1CCC1. The number of amides is 1. The summed E-state index contributed by atoms with van der Waals surface area (Å²) in [4.78, 5) is 11.1. The molecule has 0 aliphatic heterocycles. The van der Waals surface area contributed by atoms with Gasteiger partial charge < -0.3 is 10.6 Å². The van der Waals surface area contributed by atoms with E-state index in [-0.39, 0.29) is 5.91 Å². The summed E-state index contributed by atoms with van der Waals surface area (Å²) < 4.78 is 0. The highest BCUT2D eigenvalue weighted by molar-refractivity contribution is 5.77. The van der Waals surface area contributed by atoms with Crippen LogP contribution in [0.1, 0.15) is 26.2 Å². The Morgan fingerprint density at radius 3 is 2.75 bits per heavy atom. The van der Waals surface area contributed by atoms with Crippen LogP contribution in [0.25, 0.3) is 0 Å². The minimum Gasteiger partial charge on any atom is -0.355 e. The molecule has 0 bridgehead atoms. The quantitative estimate of drug-likeness (QED) is 0.631. The van der Waals surface area contributed by atoms with Crippen molar-refractivity contribution in [2.45, 2.75) is 26.2 Å². The molecule has 70 valence electrons. The molecular weight excluding hydrogens is 152 g/mol. The van der Waals surface area contributed by atoms with Crippen molar-refractivity contribution in [1.29, 1.82) is 0 Å². The molecular formula is C9H18N2O. The Labute approximate surface area is 73.9 Å². The van der Waals surface area contributed by atoms with Crippen LogP contribution in [0, 0.1) is 5.92 Å². The van der Waals surface area contributed by atoms with E-state index >= 15 is 0 Å². The van der Waals surface area contributed by atoms with Crippen LogP contribution in [0.15, 0.2) is 0 Å². The van der Waals surface area contributed by atoms with Crippen molar-refractivity contribution in [3.8, 4) is 0 Å². The fourth-order valence-corrected chi connectivity index (χ4v) is 1.26. The first-order valence-corrected chi connectivity index (χ1v) is 4.80. The second-order valence-electron chi connectivity index (χ2n) is 3.38. The summed E-state index contributed by atoms with van der Waals surface area (Å²) in [5.74, 6) is 0.888. The maximum atomic E-state index is 11.1. The number of likely N-dealkylation sites (N-methyl/N-ethyl adjacent to an activating group) is 1. The van der Waals surface area contributed by atoms with E-state index in [1.165, 1.54) is 19.3 Å². The van der Waals surface area contributed by atoms with Gasteiger partial charge in [0, 0.05) is 6.54 Å². The highest BCUT2D eigenvalue weighted by Crippen LogP contribution is 2.24. The minimum absolute atomic E-state index is 0.128. The largest absolute Gasteiger partial charge is 0.355 e. The third kappa shape index (κ3) is 3.22. The van der Waals surface area contributed by atoms with Crippen LogP contribution in [0.3, 0.4) is 0 Å². The van der Waals surface area contributed by atoms with E-state index in [1.54, 1.807) is 0 Å². The van der Waals surface area contributed by atoms with Gasteiger partial charge in [-0.05, 0) is 25.3 Å². The molecule has 0 unspecified atom stereocenters. The Morgan fingerprint density at radius 2 is 2.25 bits per heavy atom. The second kappa shape index (κ2) is 5.14. The van der Waals surface area contributed by atoms with Gasteiger partial charge >= 0.3 is 0 Å². The molecule has 0 aromatic carbocycles. The van der Waals surface area contributed by atoms with Crippen molar-refractivity contribution < 1.29 is 4.79 Å². The standard InChI is InChI=1S/C9H18N2O/c1-2-10-7-9(12)11-6-8-4-3-5-8/h8,10H,2-7H2,1H3,(H,11,12). The fraction of sp³-hybridized carbons (Fsp3) is 0.889. The van der Waals surface area contributed by atoms with E-state index in [2.05, 4.69) is 10.6 Å².